The molecule has 1 saturated heterocycles. The number of allylic oxidation sites excluding steroid dienone is 2. The second kappa shape index (κ2) is 6.55. The van der Waals surface area contributed by atoms with Crippen LogP contribution in [0.3, 0.4) is 0 Å². The van der Waals surface area contributed by atoms with Gasteiger partial charge in [0, 0.05) is 12.3 Å². The van der Waals surface area contributed by atoms with Crippen LogP contribution >= 0.6 is 0 Å². The molecule has 3 heteroatoms. The van der Waals surface area contributed by atoms with E-state index >= 15 is 0 Å². The molecule has 0 aromatic carbocycles. The quantitative estimate of drug-likeness (QED) is 0.738. The van der Waals surface area contributed by atoms with Crippen LogP contribution in [0.25, 0.3) is 0 Å². The zero-order valence-electron chi connectivity index (χ0n) is 13.8. The Kier molecular flexibility index (Phi) is 4.70. The Hall–Kier alpha value is -1.12. The van der Waals surface area contributed by atoms with Crippen LogP contribution in [0.2, 0.25) is 0 Å². The molecular formula is C19H28O3. The Morgan fingerprint density at radius 2 is 2.00 bits per heavy atom. The van der Waals surface area contributed by atoms with Crippen molar-refractivity contribution in [1.29, 1.82) is 0 Å². The molecule has 1 saturated carbocycles. The maximum atomic E-state index is 12.3. The van der Waals surface area contributed by atoms with Gasteiger partial charge in [0.1, 0.15) is 6.10 Å². The fourth-order valence-corrected chi connectivity index (χ4v) is 4.71. The first-order valence-electron chi connectivity index (χ1n) is 8.98. The molecule has 3 aliphatic rings. The summed E-state index contributed by atoms with van der Waals surface area (Å²) in [6, 6.07) is 0. The second-order valence-electron chi connectivity index (χ2n) is 7.66. The standard InChI is InChI=1S/C19H28O3/c1-12-9-15(22-19(21)10-12)7-8-16-13(2)18(20)11-14-5-3-4-6-17(14)16/h11-13,15-17H,3-10H2,1-2H3/t12-,13-,15?,16+,17?/m1/s1. The minimum atomic E-state index is -0.0465. The number of hydrogen-bond acceptors (Lipinski definition) is 3. The predicted octanol–water partition coefficient (Wildman–Crippen LogP) is 4.06. The number of ether oxygens (including phenoxy) is 1. The summed E-state index contributed by atoms with van der Waals surface area (Å²) < 4.78 is 5.51. The summed E-state index contributed by atoms with van der Waals surface area (Å²) in [5.74, 6) is 1.87. The van der Waals surface area contributed by atoms with Gasteiger partial charge in [-0.25, -0.2) is 0 Å². The maximum absolute atomic E-state index is 12.3. The molecule has 122 valence electrons. The summed E-state index contributed by atoms with van der Waals surface area (Å²) in [5, 5.41) is 0. The van der Waals surface area contributed by atoms with E-state index in [0.717, 1.165) is 25.7 Å². The number of fused-ring (bicyclic) bond motifs is 1. The number of carbonyl (C=O) groups excluding carboxylic acids is 2. The van der Waals surface area contributed by atoms with E-state index in [1.165, 1.54) is 24.8 Å². The van der Waals surface area contributed by atoms with E-state index in [1.54, 1.807) is 0 Å². The molecule has 0 spiro atoms. The molecule has 2 aliphatic carbocycles. The molecule has 0 amide bonds. The third kappa shape index (κ3) is 3.28. The molecule has 3 nitrogen and oxygen atoms in total. The third-order valence-corrected chi connectivity index (χ3v) is 5.94. The molecule has 3 rings (SSSR count). The van der Waals surface area contributed by atoms with Crippen molar-refractivity contribution in [3.05, 3.63) is 11.6 Å². The van der Waals surface area contributed by atoms with Gasteiger partial charge in [0.15, 0.2) is 5.78 Å². The van der Waals surface area contributed by atoms with Crippen molar-refractivity contribution >= 4 is 11.8 Å². The van der Waals surface area contributed by atoms with Gasteiger partial charge >= 0.3 is 5.97 Å². The average molecular weight is 304 g/mol. The van der Waals surface area contributed by atoms with E-state index in [2.05, 4.69) is 13.8 Å². The van der Waals surface area contributed by atoms with Crippen LogP contribution in [0.15, 0.2) is 11.6 Å². The molecule has 0 bridgehead atoms. The Balaban J connectivity index is 1.64. The Labute approximate surface area is 133 Å². The summed E-state index contributed by atoms with van der Waals surface area (Å²) in [6.07, 6.45) is 10.3. The van der Waals surface area contributed by atoms with Gasteiger partial charge in [-0.05, 0) is 62.4 Å². The van der Waals surface area contributed by atoms with E-state index in [1.807, 2.05) is 6.08 Å². The van der Waals surface area contributed by atoms with E-state index in [-0.39, 0.29) is 18.0 Å². The molecular weight excluding hydrogens is 276 g/mol. The molecule has 0 aromatic rings. The first-order chi connectivity index (χ1) is 10.5. The summed E-state index contributed by atoms with van der Waals surface area (Å²) in [4.78, 5) is 23.8. The summed E-state index contributed by atoms with van der Waals surface area (Å²) >= 11 is 0. The fourth-order valence-electron chi connectivity index (χ4n) is 4.71. The minimum absolute atomic E-state index is 0.0465. The smallest absolute Gasteiger partial charge is 0.306 e. The van der Waals surface area contributed by atoms with Crippen molar-refractivity contribution in [2.24, 2.45) is 23.7 Å². The van der Waals surface area contributed by atoms with E-state index in [0.29, 0.717) is 30.0 Å². The van der Waals surface area contributed by atoms with Gasteiger partial charge in [-0.1, -0.05) is 25.8 Å². The Morgan fingerprint density at radius 1 is 1.18 bits per heavy atom. The van der Waals surface area contributed by atoms with E-state index in [4.69, 9.17) is 4.74 Å². The van der Waals surface area contributed by atoms with Gasteiger partial charge in [0.2, 0.25) is 0 Å². The van der Waals surface area contributed by atoms with Crippen molar-refractivity contribution in [1.82, 2.24) is 0 Å². The highest BCUT2D eigenvalue weighted by atomic mass is 16.5. The van der Waals surface area contributed by atoms with Crippen LogP contribution in [0.4, 0.5) is 0 Å². The zero-order valence-corrected chi connectivity index (χ0v) is 13.8. The number of cyclic esters (lactones) is 1. The van der Waals surface area contributed by atoms with E-state index in [9.17, 15) is 9.59 Å². The largest absolute Gasteiger partial charge is 0.462 e. The molecule has 2 fully saturated rings. The van der Waals surface area contributed by atoms with Gasteiger partial charge in [-0.3, -0.25) is 9.59 Å². The summed E-state index contributed by atoms with van der Waals surface area (Å²) in [7, 11) is 0. The number of esters is 1. The van der Waals surface area contributed by atoms with Crippen LogP contribution in [0.5, 0.6) is 0 Å². The van der Waals surface area contributed by atoms with Crippen molar-refractivity contribution in [3.63, 3.8) is 0 Å². The van der Waals surface area contributed by atoms with Crippen LogP contribution in [-0.4, -0.2) is 17.9 Å². The van der Waals surface area contributed by atoms with Gasteiger partial charge < -0.3 is 4.74 Å². The third-order valence-electron chi connectivity index (χ3n) is 5.94. The molecule has 2 unspecified atom stereocenters. The molecule has 22 heavy (non-hydrogen) atoms. The lowest BCUT2D eigenvalue weighted by Crippen LogP contribution is -2.36. The van der Waals surface area contributed by atoms with Gasteiger partial charge in [-0.2, -0.15) is 0 Å². The van der Waals surface area contributed by atoms with Gasteiger partial charge in [-0.15, -0.1) is 0 Å². The van der Waals surface area contributed by atoms with Crippen molar-refractivity contribution in [2.45, 2.75) is 71.3 Å². The lowest BCUT2D eigenvalue weighted by Gasteiger charge is -2.40. The van der Waals surface area contributed by atoms with Crippen LogP contribution in [-0.2, 0) is 14.3 Å². The second-order valence-corrected chi connectivity index (χ2v) is 7.66. The van der Waals surface area contributed by atoms with Gasteiger partial charge in [0.25, 0.3) is 0 Å². The molecule has 5 atom stereocenters. The number of ketones is 1. The highest BCUT2D eigenvalue weighted by molar-refractivity contribution is 5.93. The van der Waals surface area contributed by atoms with Crippen molar-refractivity contribution in [3.8, 4) is 0 Å². The lowest BCUT2D eigenvalue weighted by molar-refractivity contribution is -0.157. The molecule has 0 aromatic heterocycles. The first kappa shape index (κ1) is 15.8. The Bertz CT molecular complexity index is 479. The SMILES string of the molecule is C[C@H]1CC(=O)OC(CC[C@@H]2C3CCCCC3=CC(=O)[C@@H]2C)C1. The van der Waals surface area contributed by atoms with Crippen molar-refractivity contribution in [2.75, 3.05) is 0 Å². The zero-order chi connectivity index (χ0) is 15.7. The summed E-state index contributed by atoms with van der Waals surface area (Å²) in [6.45, 7) is 4.21. The molecule has 0 N–H and O–H groups in total. The molecule has 1 heterocycles. The van der Waals surface area contributed by atoms with Crippen LogP contribution < -0.4 is 0 Å². The Morgan fingerprint density at radius 3 is 2.77 bits per heavy atom. The fraction of sp³-hybridized carbons (Fsp3) is 0.789. The average Bonchev–Trinajstić information content (AvgIpc) is 2.47. The van der Waals surface area contributed by atoms with Gasteiger partial charge in [0.05, 0.1) is 0 Å². The predicted molar refractivity (Wildman–Crippen MR) is 85.2 cm³/mol. The van der Waals surface area contributed by atoms with E-state index < -0.39 is 0 Å². The van der Waals surface area contributed by atoms with Crippen LogP contribution in [0.1, 0.15) is 65.2 Å². The first-order valence-corrected chi connectivity index (χ1v) is 8.98. The topological polar surface area (TPSA) is 43.4 Å². The molecule has 1 aliphatic heterocycles. The minimum Gasteiger partial charge on any atom is -0.462 e. The molecule has 0 radical (unpaired) electrons. The normalized spacial score (nSPS) is 39.0. The highest BCUT2D eigenvalue weighted by Gasteiger charge is 2.38. The maximum Gasteiger partial charge on any atom is 0.306 e. The number of rotatable bonds is 3. The highest BCUT2D eigenvalue weighted by Crippen LogP contribution is 2.44. The summed E-state index contributed by atoms with van der Waals surface area (Å²) in [5.41, 5.74) is 1.40. The number of hydrogen-bond donors (Lipinski definition) is 0. The lowest BCUT2D eigenvalue weighted by atomic mass is 9.65. The monoisotopic (exact) mass is 304 g/mol. The van der Waals surface area contributed by atoms with Crippen LogP contribution in [0, 0.1) is 23.7 Å². The van der Waals surface area contributed by atoms with Crippen molar-refractivity contribution < 1.29 is 14.3 Å². The number of carbonyl (C=O) groups is 2.